The lowest BCUT2D eigenvalue weighted by Gasteiger charge is -2.34. The Balaban J connectivity index is 5.71. The van der Waals surface area contributed by atoms with Crippen LogP contribution in [0.25, 0.3) is 0 Å². The van der Waals surface area contributed by atoms with E-state index in [1.165, 1.54) is 13.0 Å². The first-order valence-electron chi connectivity index (χ1n) is 16.3. The van der Waals surface area contributed by atoms with Gasteiger partial charge in [-0.3, -0.25) is 14.4 Å². The van der Waals surface area contributed by atoms with Gasteiger partial charge in [-0.2, -0.15) is 0 Å². The Labute approximate surface area is 267 Å². The van der Waals surface area contributed by atoms with E-state index in [9.17, 15) is 34.8 Å². The molecule has 5 N–H and O–H groups in total. The van der Waals surface area contributed by atoms with Crippen LogP contribution in [0.15, 0.2) is 23.8 Å². The van der Waals surface area contributed by atoms with Crippen LogP contribution >= 0.6 is 0 Å². The molecule has 0 saturated carbocycles. The summed E-state index contributed by atoms with van der Waals surface area (Å²) in [7, 11) is 0. The molecule has 8 nitrogen and oxygen atoms in total. The largest absolute Gasteiger partial charge is 0.392 e. The highest BCUT2D eigenvalue weighted by Crippen LogP contribution is 2.32. The highest BCUT2D eigenvalue weighted by molar-refractivity contribution is 5.92. The second-order valence-electron chi connectivity index (χ2n) is 15.4. The lowest BCUT2D eigenvalue weighted by Crippen LogP contribution is -2.50. The number of nitrogens with one attached hydrogen (secondary N) is 1. The maximum Gasteiger partial charge on any atom is 0.244 e. The molecule has 0 heterocycles. The Morgan fingerprint density at radius 3 is 1.77 bits per heavy atom. The molecular weight excluding hydrogens is 558 g/mol. The van der Waals surface area contributed by atoms with Crippen LogP contribution in [-0.2, 0) is 14.4 Å². The highest BCUT2D eigenvalue weighted by Gasteiger charge is 2.38. The quantitative estimate of drug-likeness (QED) is 0.103. The lowest BCUT2D eigenvalue weighted by molar-refractivity contribution is -0.134. The molecule has 0 aliphatic carbocycles. The van der Waals surface area contributed by atoms with Crippen molar-refractivity contribution in [1.82, 2.24) is 5.32 Å². The topological polar surface area (TPSA) is 144 Å². The second kappa shape index (κ2) is 17.7. The summed E-state index contributed by atoms with van der Waals surface area (Å²) in [6.45, 7) is 25.5. The Morgan fingerprint density at radius 2 is 1.32 bits per heavy atom. The van der Waals surface area contributed by atoms with Gasteiger partial charge in [-0.05, 0) is 75.4 Å². The van der Waals surface area contributed by atoms with Crippen molar-refractivity contribution in [3.05, 3.63) is 23.8 Å². The summed E-state index contributed by atoms with van der Waals surface area (Å²) in [6.07, 6.45) is 2.32. The van der Waals surface area contributed by atoms with E-state index < -0.39 is 64.9 Å². The van der Waals surface area contributed by atoms with E-state index in [0.29, 0.717) is 18.4 Å². The van der Waals surface area contributed by atoms with Gasteiger partial charge in [-0.15, -0.1) is 0 Å². The molecule has 0 rings (SSSR count). The van der Waals surface area contributed by atoms with Gasteiger partial charge in [0.1, 0.15) is 11.6 Å². The second-order valence-corrected chi connectivity index (χ2v) is 15.4. The molecule has 0 aromatic rings. The first kappa shape index (κ1) is 42.1. The number of ketones is 2. The molecular formula is C36H65NO7. The zero-order valence-electron chi connectivity index (χ0n) is 30.0. The zero-order chi connectivity index (χ0) is 34.9. The smallest absolute Gasteiger partial charge is 0.244 e. The molecule has 0 fully saturated rings. The van der Waals surface area contributed by atoms with E-state index in [4.69, 9.17) is 0 Å². The molecule has 0 aliphatic heterocycles. The van der Waals surface area contributed by atoms with Crippen molar-refractivity contribution in [2.24, 2.45) is 46.3 Å². The van der Waals surface area contributed by atoms with Crippen LogP contribution in [0.3, 0.4) is 0 Å². The van der Waals surface area contributed by atoms with E-state index in [2.05, 4.69) is 5.32 Å². The number of allylic oxidation sites excluding steroid dienone is 1. The number of aliphatic hydroxyl groups is 4. The normalized spacial score (nSPS) is 20.3. The number of carbonyl (C=O) groups excluding carboxylic acids is 3. The van der Waals surface area contributed by atoms with Crippen LogP contribution < -0.4 is 5.32 Å². The standard InChI is InChI=1S/C36H65NO7/c1-20(2)24(6)30(37-29(40)17-18-36(13,14)34(44)26(8)33(43)35(10,11)12)32(42)23(5)19-22(4)31(41)21(3)15-16-28(39)25(7)27(9)38/h17-21,23-26,28,30-33,39,41-43H,15-16H2,1-14H3,(H,37,40)/b18-17+,22-19+. The predicted octanol–water partition coefficient (Wildman–Crippen LogP) is 5.26. The van der Waals surface area contributed by atoms with Crippen molar-refractivity contribution < 1.29 is 34.8 Å². The molecule has 256 valence electrons. The van der Waals surface area contributed by atoms with Crippen molar-refractivity contribution >= 4 is 17.5 Å². The predicted molar refractivity (Wildman–Crippen MR) is 178 cm³/mol. The summed E-state index contributed by atoms with van der Waals surface area (Å²) in [4.78, 5) is 37.9. The fraction of sp³-hybridized carbons (Fsp3) is 0.806. The number of Topliss-reactive ketones (excluding diaryl/α,β-unsaturated/α-hetero) is 2. The number of hydrogen-bond donors (Lipinski definition) is 5. The van der Waals surface area contributed by atoms with Gasteiger partial charge in [0, 0.05) is 23.2 Å². The zero-order valence-corrected chi connectivity index (χ0v) is 30.0. The molecule has 0 aromatic carbocycles. The molecule has 0 saturated heterocycles. The molecule has 0 bridgehead atoms. The number of amides is 1. The van der Waals surface area contributed by atoms with Gasteiger partial charge in [0.2, 0.25) is 5.91 Å². The van der Waals surface area contributed by atoms with Crippen LogP contribution in [0.5, 0.6) is 0 Å². The molecule has 1 amide bonds. The van der Waals surface area contributed by atoms with Crippen LogP contribution in [0, 0.1) is 46.3 Å². The molecule has 0 radical (unpaired) electrons. The third kappa shape index (κ3) is 12.9. The van der Waals surface area contributed by atoms with Crippen molar-refractivity contribution in [1.29, 1.82) is 0 Å². The van der Waals surface area contributed by atoms with Crippen LogP contribution in [-0.4, -0.2) is 68.4 Å². The third-order valence-corrected chi connectivity index (χ3v) is 9.56. The molecule has 10 atom stereocenters. The fourth-order valence-corrected chi connectivity index (χ4v) is 5.50. The number of hydrogen-bond acceptors (Lipinski definition) is 7. The maximum atomic E-state index is 13.2. The summed E-state index contributed by atoms with van der Waals surface area (Å²) >= 11 is 0. The van der Waals surface area contributed by atoms with Gasteiger partial charge in [0.25, 0.3) is 0 Å². The molecule has 8 heteroatoms. The first-order valence-corrected chi connectivity index (χ1v) is 16.3. The van der Waals surface area contributed by atoms with Gasteiger partial charge in [0.05, 0.1) is 30.5 Å². The Hall–Kier alpha value is -1.87. The number of aliphatic hydroxyl groups excluding tert-OH is 4. The van der Waals surface area contributed by atoms with Crippen molar-refractivity contribution in [3.8, 4) is 0 Å². The van der Waals surface area contributed by atoms with Gasteiger partial charge >= 0.3 is 0 Å². The minimum Gasteiger partial charge on any atom is -0.392 e. The van der Waals surface area contributed by atoms with E-state index in [1.54, 1.807) is 40.7 Å². The van der Waals surface area contributed by atoms with E-state index >= 15 is 0 Å². The Kier molecular flexibility index (Phi) is 17.0. The fourth-order valence-electron chi connectivity index (χ4n) is 5.50. The average Bonchev–Trinajstić information content (AvgIpc) is 2.93. The minimum atomic E-state index is -0.985. The Morgan fingerprint density at radius 1 is 0.795 bits per heavy atom. The van der Waals surface area contributed by atoms with Gasteiger partial charge in [0.15, 0.2) is 0 Å². The van der Waals surface area contributed by atoms with Crippen LogP contribution in [0.4, 0.5) is 0 Å². The maximum absolute atomic E-state index is 13.2. The van der Waals surface area contributed by atoms with E-state index in [-0.39, 0.29) is 29.3 Å². The molecule has 10 unspecified atom stereocenters. The molecule has 44 heavy (non-hydrogen) atoms. The van der Waals surface area contributed by atoms with Crippen molar-refractivity contribution in [3.63, 3.8) is 0 Å². The summed E-state index contributed by atoms with van der Waals surface area (Å²) in [5, 5.41) is 46.2. The lowest BCUT2D eigenvalue weighted by atomic mass is 9.73. The van der Waals surface area contributed by atoms with Crippen LogP contribution in [0.2, 0.25) is 0 Å². The van der Waals surface area contributed by atoms with Gasteiger partial charge < -0.3 is 25.7 Å². The summed E-state index contributed by atoms with van der Waals surface area (Å²) in [5.41, 5.74) is -0.759. The third-order valence-electron chi connectivity index (χ3n) is 9.56. The van der Waals surface area contributed by atoms with Gasteiger partial charge in [-0.25, -0.2) is 0 Å². The minimum absolute atomic E-state index is 0.0694. The van der Waals surface area contributed by atoms with E-state index in [0.717, 1.165) is 0 Å². The van der Waals surface area contributed by atoms with Crippen LogP contribution in [0.1, 0.15) is 110 Å². The molecule has 0 spiro atoms. The molecule has 0 aromatic heterocycles. The molecule has 0 aliphatic rings. The summed E-state index contributed by atoms with van der Waals surface area (Å²) in [6, 6.07) is -0.593. The summed E-state index contributed by atoms with van der Waals surface area (Å²) in [5.74, 6) is -2.21. The first-order chi connectivity index (χ1) is 19.9. The monoisotopic (exact) mass is 623 g/mol. The number of carbonyl (C=O) groups is 3. The SMILES string of the molecule is CC(=O)C(C)C(O)CCC(C)C(O)/C(C)=C/C(C)C(O)C(NC(=O)/C=C/C(C)(C)C(=O)C(C)C(O)C(C)(C)C)C(C)C(C)C. The van der Waals surface area contributed by atoms with E-state index in [1.807, 2.05) is 61.5 Å². The van der Waals surface area contributed by atoms with Gasteiger partial charge in [-0.1, -0.05) is 81.4 Å². The highest BCUT2D eigenvalue weighted by atomic mass is 16.3. The number of rotatable bonds is 18. The summed E-state index contributed by atoms with van der Waals surface area (Å²) < 4.78 is 0. The van der Waals surface area contributed by atoms with Crippen molar-refractivity contribution in [2.45, 2.75) is 140 Å². The van der Waals surface area contributed by atoms with Crippen molar-refractivity contribution in [2.75, 3.05) is 0 Å². The Bertz CT molecular complexity index is 993. The average molecular weight is 624 g/mol.